The first-order valence-corrected chi connectivity index (χ1v) is 9.30. The Morgan fingerprint density at radius 2 is 1.85 bits per heavy atom. The monoisotopic (exact) mass is 398 g/mol. The second-order valence-corrected chi connectivity index (χ2v) is 7.32. The molecule has 0 heterocycles. The first-order valence-electron chi connectivity index (χ1n) is 7.74. The molecule has 0 spiro atoms. The van der Waals surface area contributed by atoms with E-state index in [2.05, 4.69) is 0 Å². The first-order chi connectivity index (χ1) is 11.9. The van der Waals surface area contributed by atoms with E-state index in [9.17, 15) is 13.4 Å². The van der Waals surface area contributed by atoms with Crippen LogP contribution in [0, 0.1) is 5.82 Å². The average molecular weight is 399 g/mol. The van der Waals surface area contributed by atoms with Gasteiger partial charge in [0.05, 0.1) is 6.42 Å². The maximum Gasteiger partial charge on any atom is 2.00 e. The minimum atomic E-state index is -1.04. The van der Waals surface area contributed by atoms with Crippen LogP contribution in [0.5, 0.6) is 0 Å². The zero-order chi connectivity index (χ0) is 18.1. The van der Waals surface area contributed by atoms with Gasteiger partial charge in [0.25, 0.3) is 0 Å². The number of carboxylic acids is 1. The van der Waals surface area contributed by atoms with Crippen LogP contribution in [-0.2, 0) is 15.6 Å². The Hall–Kier alpha value is -1.27. The Balaban J connectivity index is 0.00000243. The van der Waals surface area contributed by atoms with Crippen molar-refractivity contribution in [2.45, 2.75) is 18.2 Å². The SMILES string of the molecule is CC1=C(CC(=O)O)c2cc(F)ccc2/C1=C\c1ccc(S(C)=O)cc1.[Ca+2].[H-].[H-]. The standard InChI is InChI=1S/C20H17FO3S.Ca.2H/c1-12-17(9-13-3-6-15(7-4-13)25(2)24)16-8-5-14(21)10-19(16)18(12)11-20(22)23;;;/h3-10H,11H2,1-2H3,(H,22,23);;;/q;+2;2*-1/b17-9-;;;. The van der Waals surface area contributed by atoms with Gasteiger partial charge in [-0.25, -0.2) is 4.39 Å². The zero-order valence-corrected chi connectivity index (χ0v) is 17.6. The van der Waals surface area contributed by atoms with Crippen molar-refractivity contribution in [2.75, 3.05) is 6.26 Å². The minimum absolute atomic E-state index is 0. The summed E-state index contributed by atoms with van der Waals surface area (Å²) in [5.41, 5.74) is 4.74. The number of hydrogen-bond donors (Lipinski definition) is 1. The molecule has 3 rings (SSSR count). The Labute approximate surface area is 187 Å². The molecule has 1 unspecified atom stereocenters. The second-order valence-electron chi connectivity index (χ2n) is 5.95. The van der Waals surface area contributed by atoms with Crippen molar-refractivity contribution < 1.29 is 21.4 Å². The molecular weight excluding hydrogens is 379 g/mol. The predicted octanol–water partition coefficient (Wildman–Crippen LogP) is 4.21. The zero-order valence-electron chi connectivity index (χ0n) is 16.6. The smallest absolute Gasteiger partial charge is 1.00 e. The molecule has 2 aromatic rings. The number of halogens is 1. The van der Waals surface area contributed by atoms with Gasteiger partial charge < -0.3 is 7.96 Å². The average Bonchev–Trinajstić information content (AvgIpc) is 2.80. The summed E-state index contributed by atoms with van der Waals surface area (Å²) in [5, 5.41) is 9.17. The van der Waals surface area contributed by atoms with Crippen LogP contribution in [0.4, 0.5) is 4.39 Å². The Morgan fingerprint density at radius 3 is 2.42 bits per heavy atom. The summed E-state index contributed by atoms with van der Waals surface area (Å²) in [6, 6.07) is 11.8. The molecule has 0 aromatic heterocycles. The fourth-order valence-corrected chi connectivity index (χ4v) is 3.57. The van der Waals surface area contributed by atoms with Crippen molar-refractivity contribution >= 4 is 71.7 Å². The molecule has 0 amide bonds. The van der Waals surface area contributed by atoms with Crippen LogP contribution >= 0.6 is 0 Å². The first kappa shape index (κ1) is 21.0. The van der Waals surface area contributed by atoms with Gasteiger partial charge in [0.15, 0.2) is 0 Å². The summed E-state index contributed by atoms with van der Waals surface area (Å²) in [6.07, 6.45) is 3.43. The summed E-state index contributed by atoms with van der Waals surface area (Å²) in [7, 11) is -1.04. The van der Waals surface area contributed by atoms with Crippen molar-refractivity contribution in [1.82, 2.24) is 0 Å². The molecule has 0 bridgehead atoms. The van der Waals surface area contributed by atoms with Gasteiger partial charge in [0.2, 0.25) is 0 Å². The van der Waals surface area contributed by atoms with Gasteiger partial charge in [-0.1, -0.05) is 18.2 Å². The van der Waals surface area contributed by atoms with Gasteiger partial charge in [0, 0.05) is 22.0 Å². The van der Waals surface area contributed by atoms with Crippen LogP contribution < -0.4 is 0 Å². The Bertz CT molecular complexity index is 956. The maximum absolute atomic E-state index is 13.7. The van der Waals surface area contributed by atoms with E-state index < -0.39 is 16.8 Å². The molecule has 26 heavy (non-hydrogen) atoms. The van der Waals surface area contributed by atoms with Crippen molar-refractivity contribution in [3.05, 3.63) is 70.5 Å². The van der Waals surface area contributed by atoms with Crippen LogP contribution in [0.3, 0.4) is 0 Å². The Morgan fingerprint density at radius 1 is 1.19 bits per heavy atom. The molecule has 3 nitrogen and oxygen atoms in total. The third kappa shape index (κ3) is 4.34. The van der Waals surface area contributed by atoms with E-state index in [1.165, 1.54) is 12.1 Å². The molecule has 1 aliphatic rings. The van der Waals surface area contributed by atoms with Gasteiger partial charge in [-0.2, -0.15) is 0 Å². The van der Waals surface area contributed by atoms with Crippen molar-refractivity contribution in [2.24, 2.45) is 0 Å². The molecule has 0 aliphatic heterocycles. The number of rotatable bonds is 4. The van der Waals surface area contributed by atoms with Gasteiger partial charge >= 0.3 is 43.7 Å². The number of hydrogen-bond acceptors (Lipinski definition) is 2. The van der Waals surface area contributed by atoms with E-state index in [1.807, 2.05) is 25.1 Å². The number of aliphatic carboxylic acids is 1. The molecule has 1 N–H and O–H groups in total. The molecule has 0 fully saturated rings. The third-order valence-electron chi connectivity index (χ3n) is 4.30. The fourth-order valence-electron chi connectivity index (χ4n) is 3.05. The van der Waals surface area contributed by atoms with Crippen molar-refractivity contribution in [3.63, 3.8) is 0 Å². The maximum atomic E-state index is 13.7. The summed E-state index contributed by atoms with van der Waals surface area (Å²) < 4.78 is 25.1. The molecule has 132 valence electrons. The van der Waals surface area contributed by atoms with E-state index in [4.69, 9.17) is 5.11 Å². The summed E-state index contributed by atoms with van der Waals surface area (Å²) >= 11 is 0. The van der Waals surface area contributed by atoms with E-state index >= 15 is 0 Å². The number of carbonyl (C=O) groups is 1. The number of allylic oxidation sites excluding steroid dienone is 2. The quantitative estimate of drug-likeness (QED) is 0.785. The summed E-state index contributed by atoms with van der Waals surface area (Å²) in [4.78, 5) is 11.9. The van der Waals surface area contributed by atoms with Gasteiger partial charge in [0.1, 0.15) is 5.82 Å². The van der Waals surface area contributed by atoms with Gasteiger partial charge in [-0.05, 0) is 70.7 Å². The summed E-state index contributed by atoms with van der Waals surface area (Å²) in [6.45, 7) is 1.86. The Kier molecular flexibility index (Phi) is 6.97. The molecule has 0 saturated heterocycles. The molecule has 2 aromatic carbocycles. The molecule has 1 aliphatic carbocycles. The van der Waals surface area contributed by atoms with Crippen LogP contribution in [-0.4, -0.2) is 59.3 Å². The molecule has 6 heteroatoms. The van der Waals surface area contributed by atoms with Crippen molar-refractivity contribution in [3.8, 4) is 0 Å². The van der Waals surface area contributed by atoms with Crippen LogP contribution in [0.2, 0.25) is 0 Å². The van der Waals surface area contributed by atoms with Crippen LogP contribution in [0.25, 0.3) is 17.2 Å². The second kappa shape index (κ2) is 8.61. The topological polar surface area (TPSA) is 54.4 Å². The molecule has 0 radical (unpaired) electrons. The molecule has 1 atom stereocenters. The molecule has 0 saturated carbocycles. The van der Waals surface area contributed by atoms with E-state index in [0.717, 1.165) is 27.2 Å². The van der Waals surface area contributed by atoms with Gasteiger partial charge in [-0.3, -0.25) is 9.00 Å². The van der Waals surface area contributed by atoms with Crippen molar-refractivity contribution in [1.29, 1.82) is 0 Å². The fraction of sp³-hybridized carbons (Fsp3) is 0.150. The third-order valence-corrected chi connectivity index (χ3v) is 5.24. The normalized spacial score (nSPS) is 15.6. The van der Waals surface area contributed by atoms with Crippen LogP contribution in [0.1, 0.15) is 32.9 Å². The minimum Gasteiger partial charge on any atom is -1.00 e. The largest absolute Gasteiger partial charge is 2.00 e. The van der Waals surface area contributed by atoms with Crippen LogP contribution in [0.15, 0.2) is 52.9 Å². The van der Waals surface area contributed by atoms with E-state index in [0.29, 0.717) is 11.1 Å². The van der Waals surface area contributed by atoms with E-state index in [-0.39, 0.29) is 52.8 Å². The number of fused-ring (bicyclic) bond motifs is 1. The number of carboxylic acid groups (broad SMARTS) is 1. The number of benzene rings is 2. The molecular formula is C20H19CaFO3S. The summed E-state index contributed by atoms with van der Waals surface area (Å²) in [5.74, 6) is -1.33. The van der Waals surface area contributed by atoms with E-state index in [1.54, 1.807) is 24.5 Å². The van der Waals surface area contributed by atoms with Gasteiger partial charge in [-0.15, -0.1) is 0 Å². The predicted molar refractivity (Wildman–Crippen MR) is 106 cm³/mol.